The van der Waals surface area contributed by atoms with Crippen molar-refractivity contribution in [1.29, 1.82) is 0 Å². The molecule has 2 atom stereocenters. The zero-order valence-corrected chi connectivity index (χ0v) is 13.8. The highest BCUT2D eigenvalue weighted by molar-refractivity contribution is 5.74. The molecule has 1 aromatic heterocycles. The van der Waals surface area contributed by atoms with Gasteiger partial charge in [0.2, 0.25) is 5.91 Å². The van der Waals surface area contributed by atoms with Gasteiger partial charge in [-0.1, -0.05) is 0 Å². The van der Waals surface area contributed by atoms with Crippen LogP contribution in [0.4, 0.5) is 17.3 Å². The van der Waals surface area contributed by atoms with Crippen molar-refractivity contribution in [2.24, 2.45) is 0 Å². The fourth-order valence-electron chi connectivity index (χ4n) is 3.43. The summed E-state index contributed by atoms with van der Waals surface area (Å²) in [6.07, 6.45) is 2.44. The topological polar surface area (TPSA) is 85.9 Å². The Bertz CT molecular complexity index is 594. The molecule has 126 valence electrons. The Hall–Kier alpha value is -2.02. The van der Waals surface area contributed by atoms with Crippen LogP contribution >= 0.6 is 0 Å². The molecule has 7 nitrogen and oxygen atoms in total. The molecule has 0 aromatic carbocycles. The summed E-state index contributed by atoms with van der Waals surface area (Å²) in [6.45, 7) is 3.79. The third-order valence-electron chi connectivity index (χ3n) is 4.81. The molecule has 2 aliphatic heterocycles. The summed E-state index contributed by atoms with van der Waals surface area (Å²) in [6, 6.07) is 3.78. The quantitative estimate of drug-likeness (QED) is 0.850. The molecule has 1 amide bonds. The van der Waals surface area contributed by atoms with Crippen molar-refractivity contribution in [2.45, 2.75) is 38.5 Å². The fourth-order valence-corrected chi connectivity index (χ4v) is 3.43. The molecule has 0 spiro atoms. The van der Waals surface area contributed by atoms with E-state index < -0.39 is 0 Å². The van der Waals surface area contributed by atoms with Crippen molar-refractivity contribution in [3.63, 3.8) is 0 Å². The van der Waals surface area contributed by atoms with Crippen LogP contribution in [0.2, 0.25) is 0 Å². The van der Waals surface area contributed by atoms with E-state index in [9.17, 15) is 9.90 Å². The first-order valence-corrected chi connectivity index (χ1v) is 8.17. The van der Waals surface area contributed by atoms with Gasteiger partial charge in [-0.2, -0.15) is 0 Å². The average Bonchev–Trinajstić information content (AvgIpc) is 3.16. The Labute approximate surface area is 136 Å². The lowest BCUT2D eigenvalue weighted by Gasteiger charge is -2.33. The van der Waals surface area contributed by atoms with Crippen LogP contribution in [0.1, 0.15) is 26.2 Å². The van der Waals surface area contributed by atoms with Crippen LogP contribution < -0.4 is 15.5 Å². The molecule has 0 saturated carbocycles. The first-order valence-electron chi connectivity index (χ1n) is 8.17. The van der Waals surface area contributed by atoms with Gasteiger partial charge in [0, 0.05) is 33.6 Å². The number of anilines is 3. The molecule has 3 N–H and O–H groups in total. The molecule has 0 bridgehead atoms. The fraction of sp³-hybridized carbons (Fsp3) is 0.625. The number of aliphatic hydroxyl groups is 1. The maximum Gasteiger partial charge on any atom is 0.220 e. The van der Waals surface area contributed by atoms with Crippen LogP contribution in [-0.4, -0.2) is 59.8 Å². The van der Waals surface area contributed by atoms with Gasteiger partial charge in [-0.25, -0.2) is 4.98 Å². The summed E-state index contributed by atoms with van der Waals surface area (Å²) in [5, 5.41) is 9.74. The van der Waals surface area contributed by atoms with Crippen molar-refractivity contribution >= 4 is 23.2 Å². The van der Waals surface area contributed by atoms with Crippen LogP contribution in [0, 0.1) is 0 Å². The van der Waals surface area contributed by atoms with Crippen molar-refractivity contribution in [2.75, 3.05) is 42.2 Å². The van der Waals surface area contributed by atoms with Gasteiger partial charge in [-0.3, -0.25) is 4.79 Å². The van der Waals surface area contributed by atoms with Crippen molar-refractivity contribution in [3.05, 3.63) is 12.1 Å². The Morgan fingerprint density at radius 1 is 1.39 bits per heavy atom. The lowest BCUT2D eigenvalue weighted by Crippen LogP contribution is -2.45. The van der Waals surface area contributed by atoms with Gasteiger partial charge >= 0.3 is 0 Å². The Balaban J connectivity index is 1.86. The lowest BCUT2D eigenvalue weighted by atomic mass is 10.3. The Morgan fingerprint density at radius 2 is 2.17 bits per heavy atom. The van der Waals surface area contributed by atoms with E-state index in [0.717, 1.165) is 44.0 Å². The van der Waals surface area contributed by atoms with Crippen LogP contribution in [0.5, 0.6) is 0 Å². The maximum absolute atomic E-state index is 11.7. The molecule has 2 unspecified atom stereocenters. The van der Waals surface area contributed by atoms with E-state index in [2.05, 4.69) is 4.90 Å². The number of carbonyl (C=O) groups is 1. The summed E-state index contributed by atoms with van der Waals surface area (Å²) in [5.41, 5.74) is 6.71. The summed E-state index contributed by atoms with van der Waals surface area (Å²) in [5.74, 6) is 1.63. The molecule has 2 aliphatic rings. The number of hydrogen-bond donors (Lipinski definition) is 2. The number of aliphatic hydroxyl groups excluding tert-OH is 1. The van der Waals surface area contributed by atoms with Crippen molar-refractivity contribution < 1.29 is 9.90 Å². The van der Waals surface area contributed by atoms with Gasteiger partial charge in [-0.15, -0.1) is 0 Å². The zero-order chi connectivity index (χ0) is 16.6. The predicted molar refractivity (Wildman–Crippen MR) is 90.3 cm³/mol. The van der Waals surface area contributed by atoms with E-state index in [1.165, 1.54) is 0 Å². The summed E-state index contributed by atoms with van der Waals surface area (Å²) >= 11 is 0. The zero-order valence-electron chi connectivity index (χ0n) is 13.8. The van der Waals surface area contributed by atoms with Gasteiger partial charge in [0.05, 0.1) is 11.8 Å². The molecule has 2 fully saturated rings. The van der Waals surface area contributed by atoms with Crippen LogP contribution in [0.3, 0.4) is 0 Å². The molecule has 1 aromatic rings. The van der Waals surface area contributed by atoms with Crippen LogP contribution in [0.15, 0.2) is 12.1 Å². The van der Waals surface area contributed by atoms with Gasteiger partial charge in [-0.05, 0) is 31.4 Å². The van der Waals surface area contributed by atoms with E-state index in [1.807, 2.05) is 24.1 Å². The molecule has 0 aliphatic carbocycles. The van der Waals surface area contributed by atoms with Gasteiger partial charge < -0.3 is 25.5 Å². The highest BCUT2D eigenvalue weighted by Gasteiger charge is 2.31. The minimum Gasteiger partial charge on any atom is -0.396 e. The number of rotatable bonds is 3. The molecule has 3 rings (SSSR count). The molecule has 2 saturated heterocycles. The lowest BCUT2D eigenvalue weighted by molar-refractivity contribution is -0.129. The average molecular weight is 319 g/mol. The van der Waals surface area contributed by atoms with E-state index in [-0.39, 0.29) is 18.2 Å². The number of carbonyl (C=O) groups excluding carboxylic acids is 1. The number of pyridine rings is 1. The normalized spacial score (nSPS) is 24.3. The van der Waals surface area contributed by atoms with Gasteiger partial charge in [0.1, 0.15) is 12.0 Å². The predicted octanol–water partition coefficient (Wildman–Crippen LogP) is 0.639. The Morgan fingerprint density at radius 3 is 2.83 bits per heavy atom. The number of hydrogen-bond acceptors (Lipinski definition) is 6. The number of nitrogens with two attached hydrogens (primary N) is 1. The minimum atomic E-state index is -0.316. The number of nitrogen functional groups attached to an aromatic ring is 1. The second kappa shape index (κ2) is 6.23. The maximum atomic E-state index is 11.7. The number of aromatic nitrogens is 1. The Kier molecular flexibility index (Phi) is 4.30. The van der Waals surface area contributed by atoms with E-state index in [4.69, 9.17) is 10.7 Å². The van der Waals surface area contributed by atoms with E-state index >= 15 is 0 Å². The third kappa shape index (κ3) is 3.06. The monoisotopic (exact) mass is 319 g/mol. The van der Waals surface area contributed by atoms with Gasteiger partial charge in [0.15, 0.2) is 5.82 Å². The number of amides is 1. The third-order valence-corrected chi connectivity index (χ3v) is 4.81. The number of β-amino-alcohol motifs (C(OH)–C–C–N with tert-alkyl or cyclic N) is 1. The molecule has 3 heterocycles. The minimum absolute atomic E-state index is 0.0423. The van der Waals surface area contributed by atoms with Crippen LogP contribution in [-0.2, 0) is 4.79 Å². The SMILES string of the molecule is CC(=O)N(C)C1CCCN1c1ccc(N)c(N2CCC(O)C2)n1. The molecule has 23 heavy (non-hydrogen) atoms. The standard InChI is InChI=1S/C16H25N5O2/c1-11(22)19(2)15-4-3-8-21(15)14-6-5-13(17)16(18-14)20-9-7-12(23)10-20/h5-6,12,15,23H,3-4,7-10,17H2,1-2H3. The molecule has 7 heteroatoms. The van der Waals surface area contributed by atoms with Crippen molar-refractivity contribution in [3.8, 4) is 0 Å². The van der Waals surface area contributed by atoms with Gasteiger partial charge in [0.25, 0.3) is 0 Å². The summed E-state index contributed by atoms with van der Waals surface area (Å²) in [7, 11) is 1.83. The van der Waals surface area contributed by atoms with Crippen molar-refractivity contribution in [1.82, 2.24) is 9.88 Å². The highest BCUT2D eigenvalue weighted by Crippen LogP contribution is 2.31. The van der Waals surface area contributed by atoms with E-state index in [1.54, 1.807) is 11.8 Å². The van der Waals surface area contributed by atoms with Crippen LogP contribution in [0.25, 0.3) is 0 Å². The summed E-state index contributed by atoms with van der Waals surface area (Å²) < 4.78 is 0. The summed E-state index contributed by atoms with van der Waals surface area (Å²) in [4.78, 5) is 22.4. The van der Waals surface area contributed by atoms with E-state index in [0.29, 0.717) is 12.2 Å². The molecular weight excluding hydrogens is 294 g/mol. The molecular formula is C16H25N5O2. The second-order valence-electron chi connectivity index (χ2n) is 6.42. The largest absolute Gasteiger partial charge is 0.396 e. The highest BCUT2D eigenvalue weighted by atomic mass is 16.3. The first kappa shape index (κ1) is 15.9. The second-order valence-corrected chi connectivity index (χ2v) is 6.42. The molecule has 0 radical (unpaired) electrons. The first-order chi connectivity index (χ1) is 11.0. The number of nitrogens with zero attached hydrogens (tertiary/aromatic N) is 4. The smallest absolute Gasteiger partial charge is 0.220 e.